The van der Waals surface area contributed by atoms with Crippen molar-refractivity contribution in [1.29, 1.82) is 0 Å². The smallest absolute Gasteiger partial charge is 0.325 e. The summed E-state index contributed by atoms with van der Waals surface area (Å²) in [5.74, 6) is 0.152. The number of guanidine groups is 1. The summed E-state index contributed by atoms with van der Waals surface area (Å²) in [6.45, 7) is 4.55. The van der Waals surface area contributed by atoms with Gasteiger partial charge in [-0.15, -0.1) is 24.0 Å². The molecule has 8 heteroatoms. The highest BCUT2D eigenvalue weighted by molar-refractivity contribution is 14.0. The minimum Gasteiger partial charge on any atom is -0.370 e. The average molecular weight is 471 g/mol. The Morgan fingerprint density at radius 1 is 1.23 bits per heavy atom. The number of nitrogens with zero attached hydrogens (tertiary/aromatic N) is 2. The number of amides is 3. The van der Waals surface area contributed by atoms with E-state index in [2.05, 4.69) is 21.7 Å². The van der Waals surface area contributed by atoms with Crippen molar-refractivity contribution in [1.82, 2.24) is 10.2 Å². The lowest BCUT2D eigenvalue weighted by atomic mass is 9.98. The van der Waals surface area contributed by atoms with Crippen molar-refractivity contribution in [3.63, 3.8) is 0 Å². The molecule has 1 aliphatic heterocycles. The fraction of sp³-hybridized carbons (Fsp3) is 0.500. The van der Waals surface area contributed by atoms with Gasteiger partial charge in [0.15, 0.2) is 5.96 Å². The van der Waals surface area contributed by atoms with Crippen LogP contribution in [0.4, 0.5) is 10.5 Å². The Kier molecular flexibility index (Phi) is 6.48. The second kappa shape index (κ2) is 8.24. The molecule has 3 rings (SSSR count). The number of aryl methyl sites for hydroxylation is 2. The summed E-state index contributed by atoms with van der Waals surface area (Å²) in [7, 11) is 0. The molecule has 1 saturated heterocycles. The molecular formula is C18H26IN5O2. The Morgan fingerprint density at radius 3 is 2.46 bits per heavy atom. The van der Waals surface area contributed by atoms with Crippen LogP contribution in [0.5, 0.6) is 0 Å². The summed E-state index contributed by atoms with van der Waals surface area (Å²) in [5, 5.41) is 5.91. The van der Waals surface area contributed by atoms with Gasteiger partial charge in [-0.3, -0.25) is 14.7 Å². The first kappa shape index (κ1) is 20.5. The van der Waals surface area contributed by atoms with Crippen LogP contribution >= 0.6 is 24.0 Å². The van der Waals surface area contributed by atoms with Gasteiger partial charge in [-0.1, -0.05) is 18.9 Å². The van der Waals surface area contributed by atoms with Gasteiger partial charge in [-0.05, 0) is 49.9 Å². The fourth-order valence-corrected chi connectivity index (χ4v) is 3.70. The van der Waals surface area contributed by atoms with Crippen molar-refractivity contribution in [2.24, 2.45) is 10.7 Å². The first-order chi connectivity index (χ1) is 11.9. The van der Waals surface area contributed by atoms with Gasteiger partial charge in [0, 0.05) is 5.69 Å². The van der Waals surface area contributed by atoms with Crippen molar-refractivity contribution in [3.8, 4) is 0 Å². The van der Waals surface area contributed by atoms with Crippen molar-refractivity contribution in [3.05, 3.63) is 29.3 Å². The van der Waals surface area contributed by atoms with E-state index < -0.39 is 5.54 Å². The Bertz CT molecular complexity index is 708. The summed E-state index contributed by atoms with van der Waals surface area (Å²) in [6.07, 6.45) is 3.41. The van der Waals surface area contributed by atoms with Gasteiger partial charge in [0.25, 0.3) is 5.91 Å². The van der Waals surface area contributed by atoms with Crippen LogP contribution in [-0.4, -0.2) is 41.4 Å². The predicted octanol–water partition coefficient (Wildman–Crippen LogP) is 2.51. The van der Waals surface area contributed by atoms with E-state index in [1.54, 1.807) is 0 Å². The normalized spacial score (nSPS) is 18.8. The van der Waals surface area contributed by atoms with Crippen molar-refractivity contribution < 1.29 is 9.59 Å². The molecule has 1 aliphatic carbocycles. The molecule has 0 unspecified atom stereocenters. The molecule has 1 spiro atoms. The number of nitrogens with two attached hydrogens (primary N) is 1. The maximum absolute atomic E-state index is 12.5. The molecule has 1 heterocycles. The Morgan fingerprint density at radius 2 is 1.85 bits per heavy atom. The maximum Gasteiger partial charge on any atom is 0.325 e. The number of nitrogens with one attached hydrogen (secondary N) is 2. The van der Waals surface area contributed by atoms with Crippen LogP contribution in [0.3, 0.4) is 0 Å². The van der Waals surface area contributed by atoms with E-state index in [1.165, 1.54) is 4.90 Å². The minimum absolute atomic E-state index is 0. The number of carbonyl (C=O) groups is 2. The lowest BCUT2D eigenvalue weighted by molar-refractivity contribution is -0.131. The number of benzene rings is 1. The van der Waals surface area contributed by atoms with Crippen molar-refractivity contribution in [2.75, 3.05) is 18.4 Å². The van der Waals surface area contributed by atoms with E-state index in [0.717, 1.165) is 42.5 Å². The second-order valence-corrected chi connectivity index (χ2v) is 6.94. The molecule has 1 aromatic carbocycles. The van der Waals surface area contributed by atoms with Gasteiger partial charge in [-0.25, -0.2) is 4.79 Å². The third-order valence-electron chi connectivity index (χ3n) is 4.80. The molecular weight excluding hydrogens is 445 g/mol. The Balaban J connectivity index is 0.00000243. The highest BCUT2D eigenvalue weighted by Crippen LogP contribution is 2.34. The van der Waals surface area contributed by atoms with Gasteiger partial charge >= 0.3 is 6.03 Å². The number of anilines is 1. The topological polar surface area (TPSA) is 99.8 Å². The highest BCUT2D eigenvalue weighted by atomic mass is 127. The molecule has 0 radical (unpaired) electrons. The number of imide groups is 1. The number of urea groups is 1. The van der Waals surface area contributed by atoms with Crippen molar-refractivity contribution >= 4 is 47.6 Å². The molecule has 7 nitrogen and oxygen atoms in total. The molecule has 0 bridgehead atoms. The van der Waals surface area contributed by atoms with Crippen LogP contribution < -0.4 is 16.4 Å². The molecule has 26 heavy (non-hydrogen) atoms. The molecule has 1 aromatic rings. The lowest BCUT2D eigenvalue weighted by Gasteiger charge is -2.19. The van der Waals surface area contributed by atoms with Gasteiger partial charge in [0.1, 0.15) is 5.54 Å². The zero-order chi connectivity index (χ0) is 18.0. The third kappa shape index (κ3) is 4.28. The van der Waals surface area contributed by atoms with Crippen LogP contribution in [-0.2, 0) is 4.79 Å². The van der Waals surface area contributed by atoms with E-state index in [4.69, 9.17) is 5.73 Å². The minimum atomic E-state index is -0.663. The third-order valence-corrected chi connectivity index (χ3v) is 4.80. The van der Waals surface area contributed by atoms with Crippen LogP contribution in [0.25, 0.3) is 0 Å². The molecule has 1 saturated carbocycles. The lowest BCUT2D eigenvalue weighted by Crippen LogP contribution is -2.44. The van der Waals surface area contributed by atoms with Crippen LogP contribution in [0.2, 0.25) is 0 Å². The van der Waals surface area contributed by atoms with E-state index in [-0.39, 0.29) is 55.0 Å². The van der Waals surface area contributed by atoms with Crippen molar-refractivity contribution in [2.45, 2.75) is 45.1 Å². The molecule has 2 aliphatic rings. The van der Waals surface area contributed by atoms with E-state index >= 15 is 0 Å². The number of aliphatic imine (C=N–C) groups is 1. The van der Waals surface area contributed by atoms with Crippen LogP contribution in [0.15, 0.2) is 23.2 Å². The molecule has 3 amide bonds. The van der Waals surface area contributed by atoms with E-state index in [9.17, 15) is 9.59 Å². The number of halogens is 1. The second-order valence-electron chi connectivity index (χ2n) is 6.94. The van der Waals surface area contributed by atoms with Gasteiger partial charge in [-0.2, -0.15) is 0 Å². The first-order valence-electron chi connectivity index (χ1n) is 8.69. The summed E-state index contributed by atoms with van der Waals surface area (Å²) >= 11 is 0. The number of hydrogen-bond donors (Lipinski definition) is 3. The summed E-state index contributed by atoms with van der Waals surface area (Å²) in [6, 6.07) is 5.73. The van der Waals surface area contributed by atoms with Gasteiger partial charge < -0.3 is 16.4 Å². The highest BCUT2D eigenvalue weighted by Gasteiger charge is 2.52. The summed E-state index contributed by atoms with van der Waals surface area (Å²) < 4.78 is 0. The Labute approximate surface area is 170 Å². The monoisotopic (exact) mass is 471 g/mol. The summed E-state index contributed by atoms with van der Waals surface area (Å²) in [4.78, 5) is 30.1. The number of rotatable bonds is 4. The molecule has 142 valence electrons. The molecule has 2 fully saturated rings. The standard InChI is InChI=1S/C18H25N5O2.HI/c1-12-9-13(2)11-14(10-12)21-16(19)20-7-8-23-15(24)18(22-17(23)25)5-3-4-6-18;/h9-11H,3-8H2,1-2H3,(H,22,25)(H3,19,20,21);1H. The van der Waals surface area contributed by atoms with Gasteiger partial charge in [0.05, 0.1) is 13.1 Å². The van der Waals surface area contributed by atoms with Crippen LogP contribution in [0.1, 0.15) is 36.8 Å². The number of hydrogen-bond acceptors (Lipinski definition) is 3. The molecule has 4 N–H and O–H groups in total. The average Bonchev–Trinajstić information content (AvgIpc) is 3.07. The Hall–Kier alpha value is -1.84. The van der Waals surface area contributed by atoms with E-state index in [0.29, 0.717) is 0 Å². The fourth-order valence-electron chi connectivity index (χ4n) is 3.70. The largest absolute Gasteiger partial charge is 0.370 e. The number of carbonyl (C=O) groups excluding carboxylic acids is 2. The zero-order valence-electron chi connectivity index (χ0n) is 15.2. The molecule has 0 aromatic heterocycles. The van der Waals surface area contributed by atoms with Gasteiger partial charge in [0.2, 0.25) is 0 Å². The maximum atomic E-state index is 12.5. The zero-order valence-corrected chi connectivity index (χ0v) is 17.5. The van der Waals surface area contributed by atoms with Crippen LogP contribution in [0, 0.1) is 13.8 Å². The predicted molar refractivity (Wildman–Crippen MR) is 113 cm³/mol. The molecule has 0 atom stereocenters. The SMILES string of the molecule is Cc1cc(C)cc(NC(N)=NCCN2C(=O)NC3(CCCC3)C2=O)c1.I. The summed E-state index contributed by atoms with van der Waals surface area (Å²) in [5.41, 5.74) is 8.39. The quantitative estimate of drug-likeness (QED) is 0.272. The van der Waals surface area contributed by atoms with E-state index in [1.807, 2.05) is 26.0 Å². The first-order valence-corrected chi connectivity index (χ1v) is 8.69.